The summed E-state index contributed by atoms with van der Waals surface area (Å²) >= 11 is 0. The van der Waals surface area contributed by atoms with E-state index in [1.807, 2.05) is 0 Å². The SMILES string of the molecule is COc1cc(OC(F)(F)F)ccc1NC(=O)c1ccnc(NC(C)=O)c1. The Labute approximate surface area is 146 Å². The van der Waals surface area contributed by atoms with Gasteiger partial charge in [0.25, 0.3) is 5.91 Å². The molecule has 0 saturated carbocycles. The molecule has 2 aromatic rings. The number of halogens is 3. The molecular formula is C16H14F3N3O4. The molecule has 26 heavy (non-hydrogen) atoms. The first kappa shape index (κ1) is 19.0. The quantitative estimate of drug-likeness (QED) is 0.845. The Balaban J connectivity index is 2.19. The first-order valence-electron chi connectivity index (χ1n) is 7.17. The number of nitrogens with one attached hydrogen (secondary N) is 2. The number of hydrogen-bond donors (Lipinski definition) is 2. The normalized spacial score (nSPS) is 10.8. The number of methoxy groups -OCH3 is 1. The molecule has 0 atom stereocenters. The number of carbonyl (C=O) groups excluding carboxylic acids is 2. The fraction of sp³-hybridized carbons (Fsp3) is 0.188. The average molecular weight is 369 g/mol. The fourth-order valence-corrected chi connectivity index (χ4v) is 1.99. The molecular weight excluding hydrogens is 355 g/mol. The van der Waals surface area contributed by atoms with Crippen LogP contribution in [-0.2, 0) is 4.79 Å². The van der Waals surface area contributed by atoms with Crippen molar-refractivity contribution >= 4 is 23.3 Å². The van der Waals surface area contributed by atoms with Crippen LogP contribution in [0, 0.1) is 0 Å². The largest absolute Gasteiger partial charge is 0.573 e. The van der Waals surface area contributed by atoms with Crippen LogP contribution in [0.1, 0.15) is 17.3 Å². The van der Waals surface area contributed by atoms with Crippen LogP contribution in [0.25, 0.3) is 0 Å². The molecule has 0 aliphatic rings. The maximum absolute atomic E-state index is 12.3. The Hall–Kier alpha value is -3.30. The standard InChI is InChI=1S/C16H14F3N3O4/c1-9(23)21-14-7-10(5-6-20-14)15(24)22-12-4-3-11(8-13(12)25-2)26-16(17,18)19/h3-8H,1-2H3,(H,22,24)(H,20,21,23). The van der Waals surface area contributed by atoms with Crippen molar-refractivity contribution in [3.05, 3.63) is 42.1 Å². The number of alkyl halides is 3. The summed E-state index contributed by atoms with van der Waals surface area (Å²) in [4.78, 5) is 27.2. The second kappa shape index (κ2) is 7.72. The molecule has 0 fully saturated rings. The number of nitrogens with zero attached hydrogens (tertiary/aromatic N) is 1. The van der Waals surface area contributed by atoms with Crippen LogP contribution in [0.4, 0.5) is 24.7 Å². The Morgan fingerprint density at radius 2 is 1.85 bits per heavy atom. The zero-order valence-corrected chi connectivity index (χ0v) is 13.7. The molecule has 1 heterocycles. The second-order valence-electron chi connectivity index (χ2n) is 4.97. The molecule has 0 spiro atoms. The van der Waals surface area contributed by atoms with E-state index in [9.17, 15) is 22.8 Å². The van der Waals surface area contributed by atoms with Gasteiger partial charge < -0.3 is 20.1 Å². The smallest absolute Gasteiger partial charge is 0.494 e. The highest BCUT2D eigenvalue weighted by atomic mass is 19.4. The van der Waals surface area contributed by atoms with E-state index in [4.69, 9.17) is 4.74 Å². The predicted octanol–water partition coefficient (Wildman–Crippen LogP) is 3.20. The van der Waals surface area contributed by atoms with Crippen LogP contribution in [0.3, 0.4) is 0 Å². The summed E-state index contributed by atoms with van der Waals surface area (Å²) in [5.74, 6) is -1.23. The van der Waals surface area contributed by atoms with Crippen molar-refractivity contribution in [3.63, 3.8) is 0 Å². The van der Waals surface area contributed by atoms with E-state index in [-0.39, 0.29) is 28.7 Å². The Kier molecular flexibility index (Phi) is 5.65. The van der Waals surface area contributed by atoms with Gasteiger partial charge in [0.2, 0.25) is 5.91 Å². The third-order valence-electron chi connectivity index (χ3n) is 2.98. The molecule has 7 nitrogen and oxygen atoms in total. The van der Waals surface area contributed by atoms with Crippen molar-refractivity contribution < 1.29 is 32.2 Å². The van der Waals surface area contributed by atoms with Gasteiger partial charge in [0.15, 0.2) is 0 Å². The maximum atomic E-state index is 12.3. The van der Waals surface area contributed by atoms with E-state index in [1.165, 1.54) is 38.4 Å². The summed E-state index contributed by atoms with van der Waals surface area (Å²) < 4.78 is 45.6. The van der Waals surface area contributed by atoms with Crippen LogP contribution in [-0.4, -0.2) is 30.3 Å². The molecule has 0 radical (unpaired) electrons. The topological polar surface area (TPSA) is 89.6 Å². The number of hydrogen-bond acceptors (Lipinski definition) is 5. The van der Waals surface area contributed by atoms with Gasteiger partial charge in [-0.25, -0.2) is 4.98 Å². The van der Waals surface area contributed by atoms with Crippen LogP contribution in [0.2, 0.25) is 0 Å². The Morgan fingerprint density at radius 3 is 2.46 bits per heavy atom. The average Bonchev–Trinajstić information content (AvgIpc) is 2.54. The first-order valence-corrected chi connectivity index (χ1v) is 7.17. The number of aromatic nitrogens is 1. The minimum atomic E-state index is -4.84. The molecule has 1 aromatic carbocycles. The summed E-state index contributed by atoms with van der Waals surface area (Å²) in [6.45, 7) is 1.30. The highest BCUT2D eigenvalue weighted by molar-refractivity contribution is 6.05. The lowest BCUT2D eigenvalue weighted by atomic mass is 10.2. The number of benzene rings is 1. The minimum Gasteiger partial charge on any atom is -0.494 e. The molecule has 1 aromatic heterocycles. The van der Waals surface area contributed by atoms with Gasteiger partial charge in [0.05, 0.1) is 12.8 Å². The van der Waals surface area contributed by atoms with Crippen LogP contribution in [0.5, 0.6) is 11.5 Å². The number of amides is 2. The number of anilines is 2. The van der Waals surface area contributed by atoms with E-state index in [1.54, 1.807) is 0 Å². The van der Waals surface area contributed by atoms with Gasteiger partial charge in [-0.15, -0.1) is 13.2 Å². The van der Waals surface area contributed by atoms with Gasteiger partial charge in [-0.2, -0.15) is 0 Å². The third-order valence-corrected chi connectivity index (χ3v) is 2.98. The van der Waals surface area contributed by atoms with E-state index in [2.05, 4.69) is 20.4 Å². The number of ether oxygens (including phenoxy) is 2. The van der Waals surface area contributed by atoms with Crippen LogP contribution >= 0.6 is 0 Å². The Bertz CT molecular complexity index is 825. The van der Waals surface area contributed by atoms with Crippen LogP contribution in [0.15, 0.2) is 36.5 Å². The summed E-state index contributed by atoms with van der Waals surface area (Å²) in [5, 5.41) is 4.94. The lowest BCUT2D eigenvalue weighted by Crippen LogP contribution is -2.17. The molecule has 0 saturated heterocycles. The van der Waals surface area contributed by atoms with Crippen molar-refractivity contribution in [1.29, 1.82) is 0 Å². The fourth-order valence-electron chi connectivity index (χ4n) is 1.99. The lowest BCUT2D eigenvalue weighted by molar-refractivity contribution is -0.274. The van der Waals surface area contributed by atoms with Crippen molar-refractivity contribution in [2.45, 2.75) is 13.3 Å². The Morgan fingerprint density at radius 1 is 1.12 bits per heavy atom. The minimum absolute atomic E-state index is 0.0174. The van der Waals surface area contributed by atoms with E-state index in [0.717, 1.165) is 12.1 Å². The maximum Gasteiger partial charge on any atom is 0.573 e. The monoisotopic (exact) mass is 369 g/mol. The number of carbonyl (C=O) groups is 2. The van der Waals surface area contributed by atoms with Gasteiger partial charge in [-0.05, 0) is 24.3 Å². The predicted molar refractivity (Wildman–Crippen MR) is 86.2 cm³/mol. The molecule has 10 heteroatoms. The second-order valence-corrected chi connectivity index (χ2v) is 4.97. The zero-order valence-electron chi connectivity index (χ0n) is 13.7. The highest BCUT2D eigenvalue weighted by Crippen LogP contribution is 2.32. The molecule has 2 N–H and O–H groups in total. The summed E-state index contributed by atoms with van der Waals surface area (Å²) in [6.07, 6.45) is -3.51. The van der Waals surface area contributed by atoms with Crippen molar-refractivity contribution in [2.75, 3.05) is 17.7 Å². The molecule has 2 amide bonds. The molecule has 138 valence electrons. The van der Waals surface area contributed by atoms with Gasteiger partial charge in [0, 0.05) is 24.8 Å². The van der Waals surface area contributed by atoms with Crippen LogP contribution < -0.4 is 20.1 Å². The molecule has 0 aliphatic carbocycles. The van der Waals surface area contributed by atoms with Crippen molar-refractivity contribution in [2.24, 2.45) is 0 Å². The molecule has 0 unspecified atom stereocenters. The number of pyridine rings is 1. The lowest BCUT2D eigenvalue weighted by Gasteiger charge is -2.14. The van der Waals surface area contributed by atoms with Crippen molar-refractivity contribution in [3.8, 4) is 11.5 Å². The molecule has 2 rings (SSSR count). The third kappa shape index (κ3) is 5.36. The van der Waals surface area contributed by atoms with E-state index < -0.39 is 18.0 Å². The summed E-state index contributed by atoms with van der Waals surface area (Å²) in [7, 11) is 1.24. The zero-order chi connectivity index (χ0) is 19.3. The van der Waals surface area contributed by atoms with E-state index in [0.29, 0.717) is 0 Å². The molecule has 0 bridgehead atoms. The van der Waals surface area contributed by atoms with Gasteiger partial charge >= 0.3 is 6.36 Å². The van der Waals surface area contributed by atoms with E-state index >= 15 is 0 Å². The highest BCUT2D eigenvalue weighted by Gasteiger charge is 2.31. The summed E-state index contributed by atoms with van der Waals surface area (Å²) in [6, 6.07) is 6.02. The first-order chi connectivity index (χ1) is 12.2. The molecule has 0 aliphatic heterocycles. The van der Waals surface area contributed by atoms with Gasteiger partial charge in [0.1, 0.15) is 17.3 Å². The number of rotatable bonds is 5. The van der Waals surface area contributed by atoms with Gasteiger partial charge in [-0.1, -0.05) is 0 Å². The van der Waals surface area contributed by atoms with Gasteiger partial charge in [-0.3, -0.25) is 9.59 Å². The summed E-state index contributed by atoms with van der Waals surface area (Å²) in [5.41, 5.74) is 0.325. The van der Waals surface area contributed by atoms with Crippen molar-refractivity contribution in [1.82, 2.24) is 4.98 Å².